The number of pyridine rings is 2. The summed E-state index contributed by atoms with van der Waals surface area (Å²) >= 11 is 0. The molecule has 2 rings (SSSR count). The molecular formula is C22H30N4O3. The zero-order valence-electron chi connectivity index (χ0n) is 18.2. The number of hydrogen-bond acceptors (Lipinski definition) is 4. The van der Waals surface area contributed by atoms with Crippen molar-refractivity contribution >= 4 is 11.8 Å². The summed E-state index contributed by atoms with van der Waals surface area (Å²) in [6.45, 7) is 13.5. The van der Waals surface area contributed by atoms with E-state index in [2.05, 4.69) is 4.98 Å². The molecule has 7 heteroatoms. The van der Waals surface area contributed by atoms with Gasteiger partial charge in [-0.25, -0.2) is 4.98 Å². The molecule has 2 aromatic rings. The molecule has 7 nitrogen and oxygen atoms in total. The molecule has 2 aromatic heterocycles. The number of rotatable bonds is 7. The Bertz CT molecular complexity index is 903. The van der Waals surface area contributed by atoms with Crippen molar-refractivity contribution < 1.29 is 14.3 Å². The van der Waals surface area contributed by atoms with Gasteiger partial charge in [0.15, 0.2) is 5.69 Å². The molecule has 0 aromatic carbocycles. The van der Waals surface area contributed by atoms with Crippen LogP contribution in [-0.4, -0.2) is 52.8 Å². The molecule has 0 aliphatic rings. The number of amides is 2. The molecule has 0 saturated heterocycles. The third-order valence-electron chi connectivity index (χ3n) is 5.01. The quantitative estimate of drug-likeness (QED) is 0.530. The maximum Gasteiger partial charge on any atom is 0.254 e. The van der Waals surface area contributed by atoms with Crippen LogP contribution in [0.15, 0.2) is 24.3 Å². The molecule has 0 atom stereocenters. The average Bonchev–Trinajstić information content (AvgIpc) is 2.71. The SMILES string of the molecule is CCN(CC)C(=O)c1cc(C)nc(-c2cc(C(=O)N(CC)CC)cc(C)[n+]2[O-])c1. The van der Waals surface area contributed by atoms with Gasteiger partial charge in [-0.05, 0) is 46.8 Å². The second-order valence-electron chi connectivity index (χ2n) is 6.90. The van der Waals surface area contributed by atoms with Crippen LogP contribution in [0.1, 0.15) is 59.8 Å². The van der Waals surface area contributed by atoms with Crippen LogP contribution in [0.4, 0.5) is 0 Å². The van der Waals surface area contributed by atoms with E-state index in [1.165, 1.54) is 0 Å². The summed E-state index contributed by atoms with van der Waals surface area (Å²) in [6.07, 6.45) is 0. The summed E-state index contributed by atoms with van der Waals surface area (Å²) in [7, 11) is 0. The van der Waals surface area contributed by atoms with Crippen molar-refractivity contribution in [1.82, 2.24) is 14.8 Å². The summed E-state index contributed by atoms with van der Waals surface area (Å²) in [4.78, 5) is 33.5. The molecule has 0 unspecified atom stereocenters. The summed E-state index contributed by atoms with van der Waals surface area (Å²) < 4.78 is 0.756. The minimum atomic E-state index is -0.132. The van der Waals surface area contributed by atoms with E-state index < -0.39 is 0 Å². The molecule has 0 aliphatic heterocycles. The van der Waals surface area contributed by atoms with Crippen LogP contribution in [0.25, 0.3) is 11.4 Å². The van der Waals surface area contributed by atoms with Gasteiger partial charge in [-0.2, -0.15) is 4.73 Å². The minimum Gasteiger partial charge on any atom is -0.618 e. The molecule has 0 spiro atoms. The normalized spacial score (nSPS) is 10.7. The molecule has 0 saturated carbocycles. The predicted octanol–water partition coefficient (Wildman–Crippen LogP) is 2.96. The van der Waals surface area contributed by atoms with E-state index in [9.17, 15) is 14.8 Å². The predicted molar refractivity (Wildman–Crippen MR) is 113 cm³/mol. The summed E-state index contributed by atoms with van der Waals surface area (Å²) in [5, 5.41) is 12.7. The zero-order chi connectivity index (χ0) is 21.7. The van der Waals surface area contributed by atoms with Crippen molar-refractivity contribution in [2.24, 2.45) is 0 Å². The Balaban J connectivity index is 2.59. The van der Waals surface area contributed by atoms with Crippen LogP contribution in [0.2, 0.25) is 0 Å². The van der Waals surface area contributed by atoms with Crippen molar-refractivity contribution in [3.05, 3.63) is 52.0 Å². The van der Waals surface area contributed by atoms with Crippen molar-refractivity contribution in [1.29, 1.82) is 0 Å². The maximum absolute atomic E-state index is 12.8. The summed E-state index contributed by atoms with van der Waals surface area (Å²) in [5.74, 6) is -0.238. The number of aryl methyl sites for hydroxylation is 2. The van der Waals surface area contributed by atoms with Crippen LogP contribution < -0.4 is 4.73 Å². The number of aromatic nitrogens is 2. The smallest absolute Gasteiger partial charge is 0.254 e. The molecule has 2 heterocycles. The van der Waals surface area contributed by atoms with Crippen LogP contribution in [0.3, 0.4) is 0 Å². The van der Waals surface area contributed by atoms with Crippen molar-refractivity contribution in [2.75, 3.05) is 26.2 Å². The topological polar surface area (TPSA) is 80.5 Å². The molecule has 29 heavy (non-hydrogen) atoms. The Hall–Kier alpha value is -2.96. The van der Waals surface area contributed by atoms with Gasteiger partial charge in [-0.1, -0.05) is 0 Å². The Kier molecular flexibility index (Phi) is 7.31. The Morgan fingerprint density at radius 3 is 1.83 bits per heavy atom. The highest BCUT2D eigenvalue weighted by atomic mass is 16.5. The third-order valence-corrected chi connectivity index (χ3v) is 5.01. The van der Waals surface area contributed by atoms with Crippen molar-refractivity contribution in [3.8, 4) is 11.4 Å². The molecule has 0 fully saturated rings. The highest BCUT2D eigenvalue weighted by Crippen LogP contribution is 2.20. The highest BCUT2D eigenvalue weighted by Gasteiger charge is 2.23. The Labute approximate surface area is 172 Å². The highest BCUT2D eigenvalue weighted by molar-refractivity contribution is 5.96. The van der Waals surface area contributed by atoms with E-state index in [0.29, 0.717) is 54.4 Å². The van der Waals surface area contributed by atoms with Gasteiger partial charge in [-0.3, -0.25) is 9.59 Å². The van der Waals surface area contributed by atoms with Crippen LogP contribution in [-0.2, 0) is 0 Å². The van der Waals surface area contributed by atoms with Gasteiger partial charge in [-0.15, -0.1) is 0 Å². The molecule has 0 radical (unpaired) electrons. The fourth-order valence-corrected chi connectivity index (χ4v) is 3.33. The van der Waals surface area contributed by atoms with Gasteiger partial charge in [0.05, 0.1) is 5.56 Å². The average molecular weight is 399 g/mol. The summed E-state index contributed by atoms with van der Waals surface area (Å²) in [6, 6.07) is 6.50. The first-order chi connectivity index (χ1) is 13.8. The van der Waals surface area contributed by atoms with Crippen LogP contribution in [0, 0.1) is 19.1 Å². The van der Waals surface area contributed by atoms with Crippen LogP contribution >= 0.6 is 0 Å². The number of carbonyl (C=O) groups is 2. The van der Waals surface area contributed by atoms with E-state index in [-0.39, 0.29) is 17.5 Å². The first-order valence-electron chi connectivity index (χ1n) is 10.1. The number of hydrogen-bond donors (Lipinski definition) is 0. The Morgan fingerprint density at radius 1 is 0.862 bits per heavy atom. The Morgan fingerprint density at radius 2 is 1.34 bits per heavy atom. The fourth-order valence-electron chi connectivity index (χ4n) is 3.33. The standard InChI is InChI=1S/C22H30N4O3/c1-7-24(8-2)21(27)17-11-15(5)23-19(13-17)20-14-18(12-16(6)26(20)29)22(28)25(9-3)10-4/h11-14H,7-10H2,1-6H3. The van der Waals surface area contributed by atoms with E-state index in [0.717, 1.165) is 4.73 Å². The lowest BCUT2D eigenvalue weighted by Gasteiger charge is -2.20. The molecule has 0 N–H and O–H groups in total. The van der Waals surface area contributed by atoms with E-state index in [1.807, 2.05) is 27.7 Å². The number of carbonyl (C=O) groups excluding carboxylic acids is 2. The molecule has 156 valence electrons. The first kappa shape index (κ1) is 22.3. The van der Waals surface area contributed by atoms with Crippen LogP contribution in [0.5, 0.6) is 0 Å². The van der Waals surface area contributed by atoms with Gasteiger partial charge in [0.1, 0.15) is 5.69 Å². The monoisotopic (exact) mass is 398 g/mol. The lowest BCUT2D eigenvalue weighted by Crippen LogP contribution is -2.36. The largest absolute Gasteiger partial charge is 0.618 e. The third kappa shape index (κ3) is 4.72. The maximum atomic E-state index is 12.8. The zero-order valence-corrected chi connectivity index (χ0v) is 18.2. The first-order valence-corrected chi connectivity index (χ1v) is 10.1. The van der Waals surface area contributed by atoms with E-state index in [4.69, 9.17) is 0 Å². The van der Waals surface area contributed by atoms with Gasteiger partial charge in [0.2, 0.25) is 5.69 Å². The van der Waals surface area contributed by atoms with Crippen molar-refractivity contribution in [3.63, 3.8) is 0 Å². The lowest BCUT2D eigenvalue weighted by molar-refractivity contribution is -0.600. The molecule has 0 aliphatic carbocycles. The fraction of sp³-hybridized carbons (Fsp3) is 0.455. The second kappa shape index (κ2) is 9.49. The van der Waals surface area contributed by atoms with Gasteiger partial charge < -0.3 is 15.0 Å². The van der Waals surface area contributed by atoms with Gasteiger partial charge in [0.25, 0.3) is 11.8 Å². The van der Waals surface area contributed by atoms with E-state index in [1.54, 1.807) is 47.9 Å². The van der Waals surface area contributed by atoms with Crippen molar-refractivity contribution in [2.45, 2.75) is 41.5 Å². The molecular weight excluding hydrogens is 368 g/mol. The van der Waals surface area contributed by atoms with Gasteiger partial charge >= 0.3 is 0 Å². The number of nitrogens with zero attached hydrogens (tertiary/aromatic N) is 4. The summed E-state index contributed by atoms with van der Waals surface area (Å²) in [5.41, 5.74) is 2.60. The van der Waals surface area contributed by atoms with Gasteiger partial charge in [0, 0.05) is 56.5 Å². The second-order valence-corrected chi connectivity index (χ2v) is 6.90. The molecule has 2 amide bonds. The molecule has 0 bridgehead atoms. The van der Waals surface area contributed by atoms with E-state index >= 15 is 0 Å². The minimum absolute atomic E-state index is 0.105. The lowest BCUT2D eigenvalue weighted by atomic mass is 10.1.